The average Bonchev–Trinajstić information content (AvgIpc) is 3.53. The Hall–Kier alpha value is -3.98. The SMILES string of the molecule is CC1CN(C(=O)c2ccccc2)CCN1C(=O)C(=O)c1c[nH]c2c(-c3cnco3)cc(Cl)nc12. The van der Waals surface area contributed by atoms with Crippen molar-refractivity contribution in [3.8, 4) is 11.3 Å². The molecule has 1 aliphatic rings. The Morgan fingerprint density at radius 2 is 1.97 bits per heavy atom. The molecule has 0 aliphatic carbocycles. The first-order chi connectivity index (χ1) is 16.4. The van der Waals surface area contributed by atoms with E-state index in [-0.39, 0.29) is 34.7 Å². The molecule has 172 valence electrons. The standard InChI is InChI=1S/C24H20ClN5O4/c1-14-12-29(23(32)15-5-3-2-4-6-15)7-8-30(14)24(33)22(31)17-10-27-20-16(18-11-26-13-34-18)9-19(25)28-21(17)20/h2-6,9-11,13-14,27H,7-8,12H2,1H3. The maximum absolute atomic E-state index is 13.2. The van der Waals surface area contributed by atoms with Gasteiger partial charge < -0.3 is 19.2 Å². The molecule has 3 aromatic heterocycles. The van der Waals surface area contributed by atoms with Crippen molar-refractivity contribution >= 4 is 40.2 Å². The lowest BCUT2D eigenvalue weighted by atomic mass is 10.1. The smallest absolute Gasteiger partial charge is 0.295 e. The predicted molar refractivity (Wildman–Crippen MR) is 124 cm³/mol. The number of aromatic amines is 1. The third-order valence-electron chi connectivity index (χ3n) is 5.94. The fourth-order valence-electron chi connectivity index (χ4n) is 4.24. The van der Waals surface area contributed by atoms with E-state index >= 15 is 0 Å². The highest BCUT2D eigenvalue weighted by atomic mass is 35.5. The van der Waals surface area contributed by atoms with Gasteiger partial charge in [0.1, 0.15) is 10.7 Å². The molecule has 9 nitrogen and oxygen atoms in total. The highest BCUT2D eigenvalue weighted by Gasteiger charge is 2.34. The van der Waals surface area contributed by atoms with E-state index in [1.807, 2.05) is 25.1 Å². The van der Waals surface area contributed by atoms with E-state index in [0.29, 0.717) is 35.5 Å². The summed E-state index contributed by atoms with van der Waals surface area (Å²) in [6.07, 6.45) is 4.27. The predicted octanol–water partition coefficient (Wildman–Crippen LogP) is 3.43. The molecule has 1 aliphatic heterocycles. The van der Waals surface area contributed by atoms with Gasteiger partial charge in [-0.05, 0) is 25.1 Å². The summed E-state index contributed by atoms with van der Waals surface area (Å²) in [7, 11) is 0. The summed E-state index contributed by atoms with van der Waals surface area (Å²) < 4.78 is 5.36. The number of nitrogens with zero attached hydrogens (tertiary/aromatic N) is 4. The third-order valence-corrected chi connectivity index (χ3v) is 6.13. The van der Waals surface area contributed by atoms with Crippen molar-refractivity contribution in [3.05, 3.63) is 71.5 Å². The van der Waals surface area contributed by atoms with Gasteiger partial charge in [0.15, 0.2) is 12.2 Å². The van der Waals surface area contributed by atoms with Gasteiger partial charge in [0.2, 0.25) is 0 Å². The number of Topliss-reactive ketones (excluding diaryl/α,β-unsaturated/α-hetero) is 1. The first kappa shape index (κ1) is 21.8. The molecule has 5 rings (SSSR count). The van der Waals surface area contributed by atoms with E-state index in [2.05, 4.69) is 15.0 Å². The molecule has 1 saturated heterocycles. The van der Waals surface area contributed by atoms with Gasteiger partial charge in [-0.3, -0.25) is 14.4 Å². The van der Waals surface area contributed by atoms with Crippen molar-refractivity contribution < 1.29 is 18.8 Å². The van der Waals surface area contributed by atoms with Crippen LogP contribution in [-0.2, 0) is 4.79 Å². The Labute approximate surface area is 199 Å². The molecule has 1 N–H and O–H groups in total. The number of ketones is 1. The van der Waals surface area contributed by atoms with Crippen LogP contribution in [-0.4, -0.2) is 68.0 Å². The fourth-order valence-corrected chi connectivity index (χ4v) is 4.43. The number of rotatable bonds is 4. The van der Waals surface area contributed by atoms with E-state index < -0.39 is 11.7 Å². The Morgan fingerprint density at radius 3 is 2.68 bits per heavy atom. The number of amides is 2. The number of benzene rings is 1. The second-order valence-corrected chi connectivity index (χ2v) is 8.47. The summed E-state index contributed by atoms with van der Waals surface area (Å²) in [6, 6.07) is 10.3. The van der Waals surface area contributed by atoms with Crippen LogP contribution in [0.1, 0.15) is 27.6 Å². The number of oxazole rings is 1. The molecule has 1 unspecified atom stereocenters. The number of pyridine rings is 1. The Balaban J connectivity index is 1.37. The van der Waals surface area contributed by atoms with Gasteiger partial charge in [0.25, 0.3) is 17.6 Å². The quantitative estimate of drug-likeness (QED) is 0.274. The second-order valence-electron chi connectivity index (χ2n) is 8.08. The number of nitrogens with one attached hydrogen (secondary N) is 1. The zero-order chi connectivity index (χ0) is 23.8. The van der Waals surface area contributed by atoms with Crippen LogP contribution in [0.15, 0.2) is 59.6 Å². The van der Waals surface area contributed by atoms with Gasteiger partial charge in [-0.2, -0.15) is 0 Å². The Morgan fingerprint density at radius 1 is 1.18 bits per heavy atom. The fraction of sp³-hybridized carbons (Fsp3) is 0.208. The second kappa shape index (κ2) is 8.75. The van der Waals surface area contributed by atoms with Crippen molar-refractivity contribution in [1.82, 2.24) is 24.8 Å². The van der Waals surface area contributed by atoms with Crippen molar-refractivity contribution in [2.24, 2.45) is 0 Å². The minimum atomic E-state index is -0.695. The van der Waals surface area contributed by atoms with Crippen molar-refractivity contribution in [2.45, 2.75) is 13.0 Å². The van der Waals surface area contributed by atoms with Crippen LogP contribution in [0.4, 0.5) is 0 Å². The molecule has 2 amide bonds. The summed E-state index contributed by atoms with van der Waals surface area (Å²) in [6.45, 7) is 2.75. The summed E-state index contributed by atoms with van der Waals surface area (Å²) in [5.41, 5.74) is 2.10. The van der Waals surface area contributed by atoms with Crippen LogP contribution >= 0.6 is 11.6 Å². The summed E-state index contributed by atoms with van der Waals surface area (Å²) in [4.78, 5) is 53.5. The zero-order valence-electron chi connectivity index (χ0n) is 18.2. The molecule has 0 radical (unpaired) electrons. The number of fused-ring (bicyclic) bond motifs is 1. The third kappa shape index (κ3) is 3.84. The molecular weight excluding hydrogens is 458 g/mol. The van der Waals surface area contributed by atoms with E-state index in [1.54, 1.807) is 23.1 Å². The van der Waals surface area contributed by atoms with Crippen LogP contribution < -0.4 is 0 Å². The monoisotopic (exact) mass is 477 g/mol. The number of carbonyl (C=O) groups excluding carboxylic acids is 3. The van der Waals surface area contributed by atoms with Crippen LogP contribution in [0, 0.1) is 0 Å². The summed E-state index contributed by atoms with van der Waals surface area (Å²) in [5.74, 6) is -0.988. The minimum Gasteiger partial charge on any atom is -0.443 e. The molecule has 1 fully saturated rings. The van der Waals surface area contributed by atoms with E-state index in [4.69, 9.17) is 16.0 Å². The van der Waals surface area contributed by atoms with Gasteiger partial charge in [-0.1, -0.05) is 29.8 Å². The highest BCUT2D eigenvalue weighted by Crippen LogP contribution is 2.31. The number of carbonyl (C=O) groups is 3. The first-order valence-corrected chi connectivity index (χ1v) is 11.1. The van der Waals surface area contributed by atoms with E-state index in [0.717, 1.165) is 0 Å². The molecule has 0 spiro atoms. The maximum atomic E-state index is 13.2. The van der Waals surface area contributed by atoms with Crippen LogP contribution in [0.25, 0.3) is 22.4 Å². The number of aromatic nitrogens is 3. The van der Waals surface area contributed by atoms with Crippen LogP contribution in [0.2, 0.25) is 5.15 Å². The first-order valence-electron chi connectivity index (χ1n) is 10.7. The lowest BCUT2D eigenvalue weighted by Crippen LogP contribution is -2.56. The molecule has 1 aromatic carbocycles. The number of halogens is 1. The number of H-pyrrole nitrogens is 1. The van der Waals surface area contributed by atoms with E-state index in [1.165, 1.54) is 23.7 Å². The topological polar surface area (TPSA) is 112 Å². The Bertz CT molecular complexity index is 1380. The highest BCUT2D eigenvalue weighted by molar-refractivity contribution is 6.45. The van der Waals surface area contributed by atoms with Crippen LogP contribution in [0.5, 0.6) is 0 Å². The normalized spacial score (nSPS) is 16.1. The van der Waals surface area contributed by atoms with E-state index in [9.17, 15) is 14.4 Å². The molecule has 34 heavy (non-hydrogen) atoms. The van der Waals surface area contributed by atoms with Gasteiger partial charge in [-0.15, -0.1) is 0 Å². The molecule has 1 atom stereocenters. The summed E-state index contributed by atoms with van der Waals surface area (Å²) >= 11 is 6.19. The number of hydrogen-bond acceptors (Lipinski definition) is 6. The summed E-state index contributed by atoms with van der Waals surface area (Å²) in [5, 5.41) is 0.154. The van der Waals surface area contributed by atoms with Gasteiger partial charge >= 0.3 is 0 Å². The van der Waals surface area contributed by atoms with Crippen LogP contribution in [0.3, 0.4) is 0 Å². The minimum absolute atomic E-state index is 0.0960. The lowest BCUT2D eigenvalue weighted by molar-refractivity contribution is -0.130. The molecule has 0 saturated carbocycles. The Kier molecular flexibility index (Phi) is 5.62. The van der Waals surface area contributed by atoms with Crippen molar-refractivity contribution in [3.63, 3.8) is 0 Å². The largest absolute Gasteiger partial charge is 0.443 e. The van der Waals surface area contributed by atoms with Gasteiger partial charge in [0, 0.05) is 43.0 Å². The molecular formula is C24H20ClN5O4. The maximum Gasteiger partial charge on any atom is 0.295 e. The number of piperazine rings is 1. The van der Waals surface area contributed by atoms with Gasteiger partial charge in [-0.25, -0.2) is 9.97 Å². The van der Waals surface area contributed by atoms with Crippen molar-refractivity contribution in [2.75, 3.05) is 19.6 Å². The van der Waals surface area contributed by atoms with Gasteiger partial charge in [0.05, 0.1) is 17.3 Å². The lowest BCUT2D eigenvalue weighted by Gasteiger charge is -2.39. The molecule has 10 heteroatoms. The average molecular weight is 478 g/mol. The molecule has 0 bridgehead atoms. The zero-order valence-corrected chi connectivity index (χ0v) is 19.0. The number of hydrogen-bond donors (Lipinski definition) is 1. The van der Waals surface area contributed by atoms with Crippen molar-refractivity contribution in [1.29, 1.82) is 0 Å². The molecule has 4 heterocycles. The molecule has 4 aromatic rings.